The van der Waals surface area contributed by atoms with Crippen molar-refractivity contribution >= 4 is 11.5 Å². The lowest BCUT2D eigenvalue weighted by Gasteiger charge is -2.18. The lowest BCUT2D eigenvalue weighted by molar-refractivity contribution is 0.103. The lowest BCUT2D eigenvalue weighted by atomic mass is 10.0. The van der Waals surface area contributed by atoms with E-state index < -0.39 is 0 Å². The molecule has 0 spiro atoms. The van der Waals surface area contributed by atoms with E-state index in [9.17, 15) is 4.79 Å². The van der Waals surface area contributed by atoms with Gasteiger partial charge in [0.05, 0.1) is 0 Å². The molecule has 6 nitrogen and oxygen atoms in total. The minimum absolute atomic E-state index is 0.165. The average molecular weight is 281 g/mol. The van der Waals surface area contributed by atoms with Gasteiger partial charge in [-0.1, -0.05) is 23.3 Å². The van der Waals surface area contributed by atoms with E-state index in [-0.39, 0.29) is 5.78 Å². The van der Waals surface area contributed by atoms with E-state index >= 15 is 0 Å². The van der Waals surface area contributed by atoms with Crippen LogP contribution >= 0.6 is 0 Å². The highest BCUT2D eigenvalue weighted by atomic mass is 16.6. The second kappa shape index (κ2) is 5.56. The smallest absolute Gasteiger partial charge is 0.193 e. The van der Waals surface area contributed by atoms with Crippen molar-refractivity contribution in [3.05, 3.63) is 64.0 Å². The zero-order chi connectivity index (χ0) is 14.7. The van der Waals surface area contributed by atoms with Crippen molar-refractivity contribution in [3.8, 4) is 11.5 Å². The van der Waals surface area contributed by atoms with Crippen LogP contribution in [0, 0.1) is 0 Å². The molecular formula is C15H11N3O3. The van der Waals surface area contributed by atoms with E-state index in [0.717, 1.165) is 0 Å². The van der Waals surface area contributed by atoms with Gasteiger partial charge in [-0.2, -0.15) is 0 Å². The van der Waals surface area contributed by atoms with Crippen molar-refractivity contribution in [1.82, 2.24) is 0 Å². The molecule has 2 aromatic rings. The van der Waals surface area contributed by atoms with Gasteiger partial charge >= 0.3 is 0 Å². The van der Waals surface area contributed by atoms with E-state index in [1.54, 1.807) is 42.5 Å². The minimum atomic E-state index is -0.165. The number of ether oxygens (including phenoxy) is 2. The summed E-state index contributed by atoms with van der Waals surface area (Å²) < 4.78 is 10.9. The van der Waals surface area contributed by atoms with E-state index in [0.29, 0.717) is 41.5 Å². The Morgan fingerprint density at radius 2 is 1.81 bits per heavy atom. The molecule has 0 atom stereocenters. The van der Waals surface area contributed by atoms with Crippen LogP contribution in [0.1, 0.15) is 15.9 Å². The van der Waals surface area contributed by atoms with Gasteiger partial charge in [0, 0.05) is 21.7 Å². The van der Waals surface area contributed by atoms with Crippen LogP contribution in [-0.4, -0.2) is 19.0 Å². The van der Waals surface area contributed by atoms with Crippen molar-refractivity contribution in [2.45, 2.75) is 0 Å². The maximum Gasteiger partial charge on any atom is 0.193 e. The van der Waals surface area contributed by atoms with Crippen molar-refractivity contribution < 1.29 is 14.3 Å². The Labute approximate surface area is 120 Å². The second-order valence-electron chi connectivity index (χ2n) is 4.43. The van der Waals surface area contributed by atoms with Gasteiger partial charge < -0.3 is 9.47 Å². The van der Waals surface area contributed by atoms with Crippen molar-refractivity contribution in [1.29, 1.82) is 0 Å². The van der Waals surface area contributed by atoms with Gasteiger partial charge in [0.15, 0.2) is 17.3 Å². The maximum absolute atomic E-state index is 12.5. The molecule has 1 aliphatic rings. The summed E-state index contributed by atoms with van der Waals surface area (Å²) in [4.78, 5) is 15.2. The fraction of sp³-hybridized carbons (Fsp3) is 0.133. The number of hydrogen-bond acceptors (Lipinski definition) is 4. The molecule has 1 aliphatic heterocycles. The first-order valence-corrected chi connectivity index (χ1v) is 6.37. The van der Waals surface area contributed by atoms with Gasteiger partial charge in [-0.3, -0.25) is 4.79 Å². The highest BCUT2D eigenvalue weighted by Crippen LogP contribution is 2.31. The van der Waals surface area contributed by atoms with E-state index in [1.807, 2.05) is 0 Å². The Hall–Kier alpha value is -2.98. The number of hydrogen-bond donors (Lipinski definition) is 0. The molecule has 1 heterocycles. The van der Waals surface area contributed by atoms with Crippen LogP contribution in [0.5, 0.6) is 11.5 Å². The quantitative estimate of drug-likeness (QED) is 0.372. The van der Waals surface area contributed by atoms with E-state index in [2.05, 4.69) is 10.0 Å². The third-order valence-electron chi connectivity index (χ3n) is 3.07. The normalized spacial score (nSPS) is 12.4. The van der Waals surface area contributed by atoms with E-state index in [4.69, 9.17) is 15.0 Å². The summed E-state index contributed by atoms with van der Waals surface area (Å²) in [5.74, 6) is 1.04. The number of azide groups is 1. The molecule has 0 saturated heterocycles. The zero-order valence-electron chi connectivity index (χ0n) is 11.0. The first-order valence-electron chi connectivity index (χ1n) is 6.37. The number of ketones is 1. The largest absolute Gasteiger partial charge is 0.486 e. The average Bonchev–Trinajstić information content (AvgIpc) is 2.54. The molecule has 0 amide bonds. The first kappa shape index (κ1) is 13.0. The predicted octanol–water partition coefficient (Wildman–Crippen LogP) is 3.63. The number of fused-ring (bicyclic) bond motifs is 1. The number of carbonyl (C=O) groups excluding carboxylic acids is 1. The SMILES string of the molecule is [N-]=[N+]=Nc1cccc(C(=O)c2ccc3c(c2)OCCO3)c1. The molecule has 0 fully saturated rings. The van der Waals surface area contributed by atoms with Crippen LogP contribution in [-0.2, 0) is 0 Å². The summed E-state index contributed by atoms with van der Waals surface area (Å²) >= 11 is 0. The van der Waals surface area contributed by atoms with Crippen LogP contribution in [0.15, 0.2) is 47.6 Å². The van der Waals surface area contributed by atoms with Gasteiger partial charge in [0.2, 0.25) is 0 Å². The topological polar surface area (TPSA) is 84.3 Å². The van der Waals surface area contributed by atoms with Gasteiger partial charge in [-0.15, -0.1) is 0 Å². The van der Waals surface area contributed by atoms with Gasteiger partial charge in [0.1, 0.15) is 13.2 Å². The standard InChI is InChI=1S/C15H11N3O3/c16-18-17-12-3-1-2-10(8-12)15(19)11-4-5-13-14(9-11)21-7-6-20-13/h1-5,8-9H,6-7H2. The minimum Gasteiger partial charge on any atom is -0.486 e. The molecule has 0 aromatic heterocycles. The maximum atomic E-state index is 12.5. The molecule has 0 radical (unpaired) electrons. The highest BCUT2D eigenvalue weighted by Gasteiger charge is 2.16. The second-order valence-corrected chi connectivity index (χ2v) is 4.43. The Kier molecular flexibility index (Phi) is 3.45. The molecule has 0 saturated carbocycles. The summed E-state index contributed by atoms with van der Waals surface area (Å²) in [5.41, 5.74) is 9.80. The first-order chi connectivity index (χ1) is 10.3. The Morgan fingerprint density at radius 1 is 1.05 bits per heavy atom. The Balaban J connectivity index is 1.94. The van der Waals surface area contributed by atoms with Crippen LogP contribution in [0.2, 0.25) is 0 Å². The summed E-state index contributed by atoms with van der Waals surface area (Å²) in [6, 6.07) is 11.6. The molecule has 0 N–H and O–H groups in total. The predicted molar refractivity (Wildman–Crippen MR) is 76.1 cm³/mol. The van der Waals surface area contributed by atoms with Gasteiger partial charge in [0.25, 0.3) is 0 Å². The number of rotatable bonds is 3. The summed E-state index contributed by atoms with van der Waals surface area (Å²) in [5, 5.41) is 3.50. The Morgan fingerprint density at radius 3 is 2.62 bits per heavy atom. The number of benzene rings is 2. The van der Waals surface area contributed by atoms with Crippen LogP contribution in [0.4, 0.5) is 5.69 Å². The van der Waals surface area contributed by atoms with Crippen molar-refractivity contribution in [2.75, 3.05) is 13.2 Å². The summed E-state index contributed by atoms with van der Waals surface area (Å²) in [7, 11) is 0. The molecule has 21 heavy (non-hydrogen) atoms. The third kappa shape index (κ3) is 2.66. The molecule has 3 rings (SSSR count). The Bertz CT molecular complexity index is 752. The summed E-state index contributed by atoms with van der Waals surface area (Å²) in [6.07, 6.45) is 0. The molecule has 104 valence electrons. The molecule has 0 unspecified atom stereocenters. The fourth-order valence-corrected chi connectivity index (χ4v) is 2.11. The van der Waals surface area contributed by atoms with Crippen molar-refractivity contribution in [2.24, 2.45) is 5.11 Å². The van der Waals surface area contributed by atoms with Gasteiger partial charge in [-0.05, 0) is 29.8 Å². The molecule has 2 aromatic carbocycles. The third-order valence-corrected chi connectivity index (χ3v) is 3.07. The van der Waals surface area contributed by atoms with Crippen LogP contribution < -0.4 is 9.47 Å². The lowest BCUT2D eigenvalue weighted by Crippen LogP contribution is -2.15. The summed E-state index contributed by atoms with van der Waals surface area (Å²) in [6.45, 7) is 0.978. The fourth-order valence-electron chi connectivity index (χ4n) is 2.11. The molecule has 0 aliphatic carbocycles. The number of nitrogens with zero attached hydrogens (tertiary/aromatic N) is 3. The van der Waals surface area contributed by atoms with Gasteiger partial charge in [-0.25, -0.2) is 0 Å². The number of carbonyl (C=O) groups is 1. The van der Waals surface area contributed by atoms with E-state index in [1.165, 1.54) is 0 Å². The zero-order valence-corrected chi connectivity index (χ0v) is 11.0. The highest BCUT2D eigenvalue weighted by molar-refractivity contribution is 6.09. The van der Waals surface area contributed by atoms with Crippen molar-refractivity contribution in [3.63, 3.8) is 0 Å². The van der Waals surface area contributed by atoms with Crippen LogP contribution in [0.3, 0.4) is 0 Å². The molecule has 6 heteroatoms. The monoisotopic (exact) mass is 281 g/mol. The molecule has 0 bridgehead atoms. The molecular weight excluding hydrogens is 270 g/mol. The van der Waals surface area contributed by atoms with Crippen LogP contribution in [0.25, 0.3) is 10.4 Å².